The van der Waals surface area contributed by atoms with Crippen LogP contribution in [0.25, 0.3) is 0 Å². The van der Waals surface area contributed by atoms with E-state index in [1.165, 1.54) is 0 Å². The molecular weight excluding hydrogens is 324 g/mol. The minimum atomic E-state index is -1.22. The summed E-state index contributed by atoms with van der Waals surface area (Å²) in [5.74, 6) is -3.02. The number of aliphatic carboxylic acids is 1. The summed E-state index contributed by atoms with van der Waals surface area (Å²) in [6.45, 7) is 5.71. The quantitative estimate of drug-likeness (QED) is 0.484. The Morgan fingerprint density at radius 1 is 1.28 bits per heavy atom. The number of carboxylic acids is 1. The van der Waals surface area contributed by atoms with Gasteiger partial charge in [-0.2, -0.15) is 0 Å². The van der Waals surface area contributed by atoms with Crippen LogP contribution in [0.1, 0.15) is 39.0 Å². The molecule has 0 radical (unpaired) electrons. The summed E-state index contributed by atoms with van der Waals surface area (Å²) in [5.41, 5.74) is -2.18. The van der Waals surface area contributed by atoms with Gasteiger partial charge in [-0.3, -0.25) is 9.59 Å². The molecule has 25 heavy (non-hydrogen) atoms. The van der Waals surface area contributed by atoms with Crippen LogP contribution in [0.5, 0.6) is 0 Å². The first-order valence-electron chi connectivity index (χ1n) is 9.22. The molecule has 1 spiro atoms. The van der Waals surface area contributed by atoms with Crippen LogP contribution in [0.3, 0.4) is 0 Å². The molecular formula is C19H24O6. The van der Waals surface area contributed by atoms with Crippen LogP contribution in [-0.4, -0.2) is 45.1 Å². The first-order chi connectivity index (χ1) is 11.7. The fourth-order valence-corrected chi connectivity index (χ4v) is 7.67. The Balaban J connectivity index is 1.78. The molecule has 0 amide bonds. The minimum Gasteiger partial charge on any atom is -0.481 e. The van der Waals surface area contributed by atoms with Crippen molar-refractivity contribution in [3.05, 3.63) is 12.2 Å². The highest BCUT2D eigenvalue weighted by atomic mass is 16.6. The van der Waals surface area contributed by atoms with Gasteiger partial charge in [0, 0.05) is 17.3 Å². The van der Waals surface area contributed by atoms with E-state index in [1.807, 2.05) is 0 Å². The Morgan fingerprint density at radius 3 is 2.68 bits per heavy atom. The molecule has 4 saturated carbocycles. The van der Waals surface area contributed by atoms with E-state index >= 15 is 0 Å². The van der Waals surface area contributed by atoms with Crippen molar-refractivity contribution in [2.75, 3.05) is 0 Å². The number of esters is 1. The van der Waals surface area contributed by atoms with Gasteiger partial charge >= 0.3 is 11.9 Å². The van der Waals surface area contributed by atoms with Gasteiger partial charge in [-0.25, -0.2) is 0 Å². The molecule has 3 unspecified atom stereocenters. The Kier molecular flexibility index (Phi) is 2.71. The summed E-state index contributed by atoms with van der Waals surface area (Å²) in [7, 11) is 0. The monoisotopic (exact) mass is 348 g/mol. The van der Waals surface area contributed by atoms with Crippen LogP contribution < -0.4 is 0 Å². The summed E-state index contributed by atoms with van der Waals surface area (Å²) in [4.78, 5) is 25.2. The van der Waals surface area contributed by atoms with Crippen molar-refractivity contribution in [1.29, 1.82) is 0 Å². The largest absolute Gasteiger partial charge is 0.481 e. The molecule has 1 heterocycles. The summed E-state index contributed by atoms with van der Waals surface area (Å²) >= 11 is 0. The van der Waals surface area contributed by atoms with E-state index in [9.17, 15) is 24.9 Å². The highest BCUT2D eigenvalue weighted by molar-refractivity contribution is 5.85. The average molecular weight is 348 g/mol. The summed E-state index contributed by atoms with van der Waals surface area (Å²) < 4.78 is 5.95. The predicted octanol–water partition coefficient (Wildman–Crippen LogP) is 1.11. The lowest BCUT2D eigenvalue weighted by molar-refractivity contribution is -0.166. The van der Waals surface area contributed by atoms with Gasteiger partial charge in [0.2, 0.25) is 0 Å². The number of carboxylic acid groups (broad SMARTS) is 1. The molecule has 3 N–H and O–H groups in total. The van der Waals surface area contributed by atoms with Crippen molar-refractivity contribution in [3.63, 3.8) is 0 Å². The Morgan fingerprint density at radius 2 is 2.00 bits per heavy atom. The molecule has 1 saturated heterocycles. The number of hydrogen-bond acceptors (Lipinski definition) is 5. The van der Waals surface area contributed by atoms with Crippen LogP contribution in [0.4, 0.5) is 0 Å². The first-order valence-corrected chi connectivity index (χ1v) is 9.22. The maximum atomic E-state index is 12.7. The maximum absolute atomic E-state index is 12.7. The number of aliphatic hydroxyl groups excluding tert-OH is 2. The van der Waals surface area contributed by atoms with Crippen molar-refractivity contribution in [1.82, 2.24) is 0 Å². The summed E-state index contributed by atoms with van der Waals surface area (Å²) in [5, 5.41) is 31.9. The highest BCUT2D eigenvalue weighted by Crippen LogP contribution is 2.77. The Hall–Kier alpha value is -1.40. The predicted molar refractivity (Wildman–Crippen MR) is 85.2 cm³/mol. The van der Waals surface area contributed by atoms with E-state index in [2.05, 4.69) is 6.58 Å². The van der Waals surface area contributed by atoms with E-state index < -0.39 is 52.4 Å². The van der Waals surface area contributed by atoms with Gasteiger partial charge in [-0.15, -0.1) is 0 Å². The van der Waals surface area contributed by atoms with Crippen LogP contribution in [0, 0.1) is 34.5 Å². The van der Waals surface area contributed by atoms with Crippen molar-refractivity contribution in [2.24, 2.45) is 34.5 Å². The van der Waals surface area contributed by atoms with Crippen LogP contribution >= 0.6 is 0 Å². The molecule has 136 valence electrons. The van der Waals surface area contributed by atoms with Gasteiger partial charge < -0.3 is 20.1 Å². The normalized spacial score (nSPS) is 58.7. The zero-order valence-electron chi connectivity index (χ0n) is 14.3. The van der Waals surface area contributed by atoms with Gasteiger partial charge in [0.1, 0.15) is 5.60 Å². The van der Waals surface area contributed by atoms with Gasteiger partial charge in [0.15, 0.2) is 0 Å². The van der Waals surface area contributed by atoms with Gasteiger partial charge in [0.05, 0.1) is 23.5 Å². The Bertz CT molecular complexity index is 717. The zero-order chi connectivity index (χ0) is 17.9. The third kappa shape index (κ3) is 1.37. The van der Waals surface area contributed by atoms with Crippen LogP contribution in [0.15, 0.2) is 12.2 Å². The lowest BCUT2D eigenvalue weighted by Crippen LogP contribution is -2.53. The number of carbonyl (C=O) groups is 2. The Labute approximate surface area is 145 Å². The number of rotatable bonds is 1. The van der Waals surface area contributed by atoms with Crippen molar-refractivity contribution >= 4 is 11.9 Å². The second kappa shape index (κ2) is 4.29. The number of fused-ring (bicyclic) bond motifs is 1. The molecule has 6 nitrogen and oxygen atoms in total. The molecule has 0 aromatic heterocycles. The summed E-state index contributed by atoms with van der Waals surface area (Å²) in [6.07, 6.45) is 1.29. The number of hydrogen-bond donors (Lipinski definition) is 3. The number of ether oxygens (including phenoxy) is 1. The number of carbonyl (C=O) groups excluding carboxylic acids is 1. The SMILES string of the molecule is C=C1C(O)[C@]23C[C@H]1CC[C@H]2[C@@]12CC[C@H](O)C(C)(C(=O)O1)C2[C@@H]3C(=O)O. The molecule has 9 atom stereocenters. The van der Waals surface area contributed by atoms with Crippen molar-refractivity contribution < 1.29 is 29.6 Å². The molecule has 6 heteroatoms. The minimum absolute atomic E-state index is 0.136. The topological polar surface area (TPSA) is 104 Å². The van der Waals surface area contributed by atoms with E-state index in [0.29, 0.717) is 19.3 Å². The fraction of sp³-hybridized carbons (Fsp3) is 0.789. The molecule has 1 aliphatic heterocycles. The zero-order valence-corrected chi connectivity index (χ0v) is 14.3. The average Bonchev–Trinajstić information content (AvgIpc) is 3.00. The molecule has 0 aromatic carbocycles. The smallest absolute Gasteiger partial charge is 0.315 e. The van der Waals surface area contributed by atoms with Crippen molar-refractivity contribution in [2.45, 2.75) is 56.8 Å². The third-order valence-corrected chi connectivity index (χ3v) is 8.60. The lowest BCUT2D eigenvalue weighted by Gasteiger charge is -2.45. The highest BCUT2D eigenvalue weighted by Gasteiger charge is 2.84. The molecule has 5 rings (SSSR count). The molecule has 4 bridgehead atoms. The molecule has 5 aliphatic rings. The van der Waals surface area contributed by atoms with Crippen molar-refractivity contribution in [3.8, 4) is 0 Å². The van der Waals surface area contributed by atoms with Gasteiger partial charge in [-0.1, -0.05) is 6.58 Å². The number of aliphatic hydroxyl groups is 2. The van der Waals surface area contributed by atoms with Crippen LogP contribution in [-0.2, 0) is 14.3 Å². The second-order valence-electron chi connectivity index (χ2n) is 9.10. The first kappa shape index (κ1) is 15.8. The van der Waals surface area contributed by atoms with Gasteiger partial charge in [0.25, 0.3) is 0 Å². The summed E-state index contributed by atoms with van der Waals surface area (Å²) in [6, 6.07) is 0. The van der Waals surface area contributed by atoms with Gasteiger partial charge in [-0.05, 0) is 50.5 Å². The van der Waals surface area contributed by atoms with Crippen LogP contribution in [0.2, 0.25) is 0 Å². The maximum Gasteiger partial charge on any atom is 0.315 e. The standard InChI is InChI=1S/C19H24O6/c1-8-9-3-4-10-18(7-9,14(8)21)12(15(22)23)13-17(2)11(20)5-6-19(10,13)25-16(17)24/h9-14,20-21H,1,3-7H2,2H3,(H,22,23)/t9-,10-,11+,12-,13?,14?,17?,18-,19-/m1/s1. The van der Waals surface area contributed by atoms with E-state index in [1.54, 1.807) is 6.92 Å². The third-order valence-electron chi connectivity index (χ3n) is 8.60. The molecule has 0 aromatic rings. The van der Waals surface area contributed by atoms with E-state index in [4.69, 9.17) is 4.74 Å². The lowest BCUT2D eigenvalue weighted by atomic mass is 9.59. The second-order valence-corrected chi connectivity index (χ2v) is 9.10. The molecule has 5 fully saturated rings. The molecule has 4 aliphatic carbocycles. The fourth-order valence-electron chi connectivity index (χ4n) is 7.67. The van der Waals surface area contributed by atoms with E-state index in [0.717, 1.165) is 18.4 Å². The van der Waals surface area contributed by atoms with E-state index in [-0.39, 0.29) is 11.8 Å².